The molecule has 1 aliphatic heterocycles. The Kier molecular flexibility index (Phi) is 4.53. The van der Waals surface area contributed by atoms with Gasteiger partial charge < -0.3 is 10.1 Å². The molecule has 0 aromatic rings. The number of hydrogen-bond donors (Lipinski definition) is 1. The highest BCUT2D eigenvalue weighted by Gasteiger charge is 2.47. The molecule has 1 N–H and O–H groups in total. The number of halogens is 2. The summed E-state index contributed by atoms with van der Waals surface area (Å²) < 4.78 is 31.8. The van der Waals surface area contributed by atoms with Crippen molar-refractivity contribution in [2.75, 3.05) is 20.1 Å². The fraction of sp³-hybridized carbons (Fsp3) is 0.917. The molecule has 106 valence electrons. The molecule has 1 rings (SSSR count). The lowest BCUT2D eigenvalue weighted by atomic mass is 9.89. The van der Waals surface area contributed by atoms with E-state index in [9.17, 15) is 13.6 Å². The van der Waals surface area contributed by atoms with E-state index in [1.54, 1.807) is 20.8 Å². The number of ether oxygens (including phenoxy) is 1. The number of hydrogen-bond acceptors (Lipinski definition) is 3. The highest BCUT2D eigenvalue weighted by atomic mass is 19.3. The number of piperidine rings is 1. The van der Waals surface area contributed by atoms with Gasteiger partial charge in [-0.1, -0.05) is 0 Å². The van der Waals surface area contributed by atoms with E-state index in [1.165, 1.54) is 7.05 Å². The van der Waals surface area contributed by atoms with Crippen LogP contribution in [0.2, 0.25) is 0 Å². The zero-order valence-electron chi connectivity index (χ0n) is 11.4. The predicted molar refractivity (Wildman–Crippen MR) is 64.8 cm³/mol. The Morgan fingerprint density at radius 1 is 1.44 bits per heavy atom. The fourth-order valence-electron chi connectivity index (χ4n) is 2.04. The maximum Gasteiger partial charge on any atom is 0.410 e. The average molecular weight is 264 g/mol. The first-order chi connectivity index (χ1) is 8.19. The van der Waals surface area contributed by atoms with Crippen LogP contribution in [-0.2, 0) is 4.74 Å². The summed E-state index contributed by atoms with van der Waals surface area (Å²) in [5, 5.41) is 2.93. The van der Waals surface area contributed by atoms with Crippen molar-refractivity contribution in [3.05, 3.63) is 0 Å². The number of amides is 1. The SMILES string of the molecule is CN(C(=O)OC(C)(C)C)C1(C(F)F)CCCNC1. The lowest BCUT2D eigenvalue weighted by molar-refractivity contribution is -0.0648. The smallest absolute Gasteiger partial charge is 0.410 e. The molecular formula is C12H22F2N2O2. The van der Waals surface area contributed by atoms with Crippen molar-refractivity contribution < 1.29 is 18.3 Å². The quantitative estimate of drug-likeness (QED) is 0.831. The van der Waals surface area contributed by atoms with Crippen LogP contribution in [0.15, 0.2) is 0 Å². The van der Waals surface area contributed by atoms with Crippen LogP contribution in [0.3, 0.4) is 0 Å². The van der Waals surface area contributed by atoms with E-state index in [4.69, 9.17) is 4.74 Å². The van der Waals surface area contributed by atoms with Crippen molar-refractivity contribution in [2.24, 2.45) is 0 Å². The second-order valence-electron chi connectivity index (χ2n) is 5.72. The van der Waals surface area contributed by atoms with Crippen molar-refractivity contribution in [3.8, 4) is 0 Å². The summed E-state index contributed by atoms with van der Waals surface area (Å²) in [6, 6.07) is 0. The fourth-order valence-corrected chi connectivity index (χ4v) is 2.04. The zero-order valence-corrected chi connectivity index (χ0v) is 11.4. The number of carbonyl (C=O) groups is 1. The van der Waals surface area contributed by atoms with Gasteiger partial charge in [0.1, 0.15) is 11.1 Å². The molecule has 1 atom stereocenters. The monoisotopic (exact) mass is 264 g/mol. The van der Waals surface area contributed by atoms with Gasteiger partial charge in [0.15, 0.2) is 0 Å². The third kappa shape index (κ3) is 3.31. The summed E-state index contributed by atoms with van der Waals surface area (Å²) in [5.41, 5.74) is -2.14. The van der Waals surface area contributed by atoms with Crippen molar-refractivity contribution in [1.29, 1.82) is 0 Å². The maximum absolute atomic E-state index is 13.3. The maximum atomic E-state index is 13.3. The van der Waals surface area contributed by atoms with E-state index < -0.39 is 23.7 Å². The molecule has 0 aliphatic carbocycles. The summed E-state index contributed by atoms with van der Waals surface area (Å²) in [4.78, 5) is 13.0. The Labute approximate surface area is 107 Å². The van der Waals surface area contributed by atoms with Crippen molar-refractivity contribution in [1.82, 2.24) is 10.2 Å². The van der Waals surface area contributed by atoms with Gasteiger partial charge in [-0.2, -0.15) is 0 Å². The average Bonchev–Trinajstić information content (AvgIpc) is 2.26. The van der Waals surface area contributed by atoms with Crippen LogP contribution in [-0.4, -0.2) is 48.7 Å². The normalized spacial score (nSPS) is 25.1. The van der Waals surface area contributed by atoms with Crippen LogP contribution < -0.4 is 5.32 Å². The molecule has 0 radical (unpaired) electrons. The second-order valence-corrected chi connectivity index (χ2v) is 5.72. The van der Waals surface area contributed by atoms with E-state index in [-0.39, 0.29) is 13.0 Å². The number of nitrogens with one attached hydrogen (secondary N) is 1. The van der Waals surface area contributed by atoms with Crippen LogP contribution in [0, 0.1) is 0 Å². The first-order valence-corrected chi connectivity index (χ1v) is 6.15. The van der Waals surface area contributed by atoms with Crippen LogP contribution in [0.5, 0.6) is 0 Å². The number of rotatable bonds is 2. The molecule has 6 heteroatoms. The molecule has 1 fully saturated rings. The van der Waals surface area contributed by atoms with Crippen LogP contribution >= 0.6 is 0 Å². The molecule has 0 bridgehead atoms. The van der Waals surface area contributed by atoms with Gasteiger partial charge in [-0.15, -0.1) is 0 Å². The minimum absolute atomic E-state index is 0.0976. The molecule has 1 aliphatic rings. The van der Waals surface area contributed by atoms with Gasteiger partial charge in [0.05, 0.1) is 0 Å². The lowest BCUT2D eigenvalue weighted by Crippen LogP contribution is -2.62. The van der Waals surface area contributed by atoms with Gasteiger partial charge in [0.2, 0.25) is 0 Å². The van der Waals surface area contributed by atoms with Gasteiger partial charge in [0.25, 0.3) is 6.43 Å². The summed E-state index contributed by atoms with van der Waals surface area (Å²) in [6.45, 7) is 5.95. The molecule has 18 heavy (non-hydrogen) atoms. The Morgan fingerprint density at radius 2 is 2.06 bits per heavy atom. The lowest BCUT2D eigenvalue weighted by Gasteiger charge is -2.44. The molecule has 1 saturated heterocycles. The largest absolute Gasteiger partial charge is 0.444 e. The van der Waals surface area contributed by atoms with E-state index in [1.807, 2.05) is 0 Å². The van der Waals surface area contributed by atoms with Gasteiger partial charge >= 0.3 is 6.09 Å². The van der Waals surface area contributed by atoms with Crippen LogP contribution in [0.25, 0.3) is 0 Å². The van der Waals surface area contributed by atoms with E-state index in [0.29, 0.717) is 13.0 Å². The number of carbonyl (C=O) groups excluding carboxylic acids is 1. The van der Waals surface area contributed by atoms with Gasteiger partial charge in [-0.3, -0.25) is 4.90 Å². The number of nitrogens with zero attached hydrogens (tertiary/aromatic N) is 1. The molecule has 1 amide bonds. The highest BCUT2D eigenvalue weighted by molar-refractivity contribution is 5.69. The van der Waals surface area contributed by atoms with Crippen molar-refractivity contribution in [3.63, 3.8) is 0 Å². The van der Waals surface area contributed by atoms with E-state index in [0.717, 1.165) is 4.90 Å². The standard InChI is InChI=1S/C12H22F2N2O2/c1-11(2,3)18-10(17)16(4)12(9(13)14)6-5-7-15-8-12/h9,15H,5-8H2,1-4H3. The first-order valence-electron chi connectivity index (χ1n) is 6.15. The molecule has 0 spiro atoms. The Morgan fingerprint density at radius 3 is 2.44 bits per heavy atom. The Bertz CT molecular complexity index is 297. The third-order valence-electron chi connectivity index (χ3n) is 3.14. The number of alkyl halides is 2. The summed E-state index contributed by atoms with van der Waals surface area (Å²) in [6.07, 6.45) is -2.39. The molecule has 4 nitrogen and oxygen atoms in total. The van der Waals surface area contributed by atoms with E-state index in [2.05, 4.69) is 5.32 Å². The molecule has 0 aromatic carbocycles. The summed E-state index contributed by atoms with van der Waals surface area (Å²) in [5.74, 6) is 0. The van der Waals surface area contributed by atoms with Gasteiger partial charge in [0, 0.05) is 13.6 Å². The van der Waals surface area contributed by atoms with Crippen molar-refractivity contribution >= 4 is 6.09 Å². The predicted octanol–water partition coefficient (Wildman–Crippen LogP) is 2.24. The summed E-state index contributed by atoms with van der Waals surface area (Å²) >= 11 is 0. The van der Waals surface area contributed by atoms with Crippen LogP contribution in [0.1, 0.15) is 33.6 Å². The van der Waals surface area contributed by atoms with Crippen LogP contribution in [0.4, 0.5) is 13.6 Å². The summed E-state index contributed by atoms with van der Waals surface area (Å²) in [7, 11) is 1.38. The molecule has 1 heterocycles. The van der Waals surface area contributed by atoms with Gasteiger partial charge in [-0.05, 0) is 40.2 Å². The second kappa shape index (κ2) is 5.38. The Hall–Kier alpha value is -0.910. The van der Waals surface area contributed by atoms with Gasteiger partial charge in [-0.25, -0.2) is 13.6 Å². The molecule has 1 unspecified atom stereocenters. The van der Waals surface area contributed by atoms with Crippen molar-refractivity contribution in [2.45, 2.75) is 51.2 Å². The van der Waals surface area contributed by atoms with E-state index >= 15 is 0 Å². The first kappa shape index (κ1) is 15.1. The Balaban J connectivity index is 2.83. The minimum atomic E-state index is -2.59. The zero-order chi connectivity index (χ0) is 14.0. The third-order valence-corrected chi connectivity index (χ3v) is 3.14. The topological polar surface area (TPSA) is 41.6 Å². The highest BCUT2D eigenvalue weighted by Crippen LogP contribution is 2.31. The molecule has 0 saturated carbocycles. The number of likely N-dealkylation sites (N-methyl/N-ethyl adjacent to an activating group) is 1. The molecule has 0 aromatic heterocycles. The minimum Gasteiger partial charge on any atom is -0.444 e. The molecular weight excluding hydrogens is 242 g/mol.